The highest BCUT2D eigenvalue weighted by molar-refractivity contribution is 7.15. The number of carbonyl (C=O) groups is 1. The summed E-state index contributed by atoms with van der Waals surface area (Å²) in [7, 11) is 0. The fraction of sp³-hybridized carbons (Fsp3) is 0.571. The highest BCUT2D eigenvalue weighted by atomic mass is 32.1. The van der Waals surface area contributed by atoms with Crippen molar-refractivity contribution in [1.29, 1.82) is 0 Å². The van der Waals surface area contributed by atoms with Crippen molar-refractivity contribution < 1.29 is 4.79 Å². The summed E-state index contributed by atoms with van der Waals surface area (Å²) in [6.07, 6.45) is 0.825. The lowest BCUT2D eigenvalue weighted by molar-refractivity contribution is -0.117. The molecule has 0 spiro atoms. The van der Waals surface area contributed by atoms with Gasteiger partial charge >= 0.3 is 0 Å². The molecule has 13 heavy (non-hydrogen) atoms. The largest absolute Gasteiger partial charge is 0.320 e. The highest BCUT2D eigenvalue weighted by Crippen LogP contribution is 2.15. The van der Waals surface area contributed by atoms with Gasteiger partial charge in [-0.05, 0) is 13.3 Å². The number of nitrogens with two attached hydrogens (primary N) is 1. The monoisotopic (exact) mass is 200 g/mol. The van der Waals surface area contributed by atoms with Crippen LogP contribution in [0.25, 0.3) is 0 Å². The van der Waals surface area contributed by atoms with Crippen LogP contribution in [0.3, 0.4) is 0 Å². The number of amides is 1. The van der Waals surface area contributed by atoms with E-state index in [1.165, 1.54) is 11.3 Å². The van der Waals surface area contributed by atoms with Crippen LogP contribution in [0.4, 0.5) is 5.13 Å². The van der Waals surface area contributed by atoms with E-state index in [2.05, 4.69) is 15.5 Å². The number of carbonyl (C=O) groups excluding carboxylic acids is 1. The van der Waals surface area contributed by atoms with Gasteiger partial charge < -0.3 is 5.73 Å². The first kappa shape index (κ1) is 10.1. The Kier molecular flexibility index (Phi) is 3.32. The van der Waals surface area contributed by atoms with Crippen molar-refractivity contribution in [2.75, 3.05) is 5.32 Å². The van der Waals surface area contributed by atoms with Gasteiger partial charge in [-0.15, -0.1) is 10.2 Å². The molecule has 6 heteroatoms. The van der Waals surface area contributed by atoms with Gasteiger partial charge in [-0.25, -0.2) is 0 Å². The van der Waals surface area contributed by atoms with Gasteiger partial charge in [0.15, 0.2) is 0 Å². The van der Waals surface area contributed by atoms with E-state index in [-0.39, 0.29) is 5.91 Å². The number of nitrogens with one attached hydrogen (secondary N) is 1. The molecular weight excluding hydrogens is 188 g/mol. The van der Waals surface area contributed by atoms with Crippen LogP contribution >= 0.6 is 11.3 Å². The number of hydrogen-bond donors (Lipinski definition) is 2. The third kappa shape index (κ3) is 2.74. The van der Waals surface area contributed by atoms with Crippen LogP contribution in [0.15, 0.2) is 0 Å². The van der Waals surface area contributed by atoms with Gasteiger partial charge in [0.25, 0.3) is 0 Å². The second-order valence-corrected chi connectivity index (χ2v) is 3.69. The number of anilines is 1. The van der Waals surface area contributed by atoms with Gasteiger partial charge in [-0.3, -0.25) is 10.1 Å². The molecular formula is C7H12N4OS. The van der Waals surface area contributed by atoms with E-state index in [0.717, 1.165) is 11.4 Å². The van der Waals surface area contributed by atoms with Crippen LogP contribution in [-0.2, 0) is 11.2 Å². The minimum absolute atomic E-state index is 0.237. The molecule has 1 heterocycles. The van der Waals surface area contributed by atoms with Crippen LogP contribution in [0.5, 0.6) is 0 Å². The normalized spacial score (nSPS) is 12.5. The molecule has 0 aliphatic heterocycles. The van der Waals surface area contributed by atoms with Gasteiger partial charge in [0.05, 0.1) is 6.04 Å². The van der Waals surface area contributed by atoms with Crippen LogP contribution < -0.4 is 11.1 Å². The molecule has 72 valence electrons. The van der Waals surface area contributed by atoms with Crippen LogP contribution in [-0.4, -0.2) is 22.1 Å². The Morgan fingerprint density at radius 1 is 1.69 bits per heavy atom. The lowest BCUT2D eigenvalue weighted by Crippen LogP contribution is -2.32. The molecule has 1 atom stereocenters. The quantitative estimate of drug-likeness (QED) is 0.739. The summed E-state index contributed by atoms with van der Waals surface area (Å²) in [6, 6.07) is -0.519. The maximum absolute atomic E-state index is 11.1. The molecule has 1 aromatic rings. The fourth-order valence-corrected chi connectivity index (χ4v) is 1.35. The number of aryl methyl sites for hydroxylation is 1. The average Bonchev–Trinajstić information content (AvgIpc) is 2.52. The summed E-state index contributed by atoms with van der Waals surface area (Å²) in [4.78, 5) is 11.1. The zero-order valence-corrected chi connectivity index (χ0v) is 8.39. The average molecular weight is 200 g/mol. The minimum atomic E-state index is -0.519. The molecule has 5 nitrogen and oxygen atoms in total. The standard InChI is InChI=1S/C7H12N4OS/c1-3-5-10-11-7(13-5)9-6(12)4(2)8/h4H,3,8H2,1-2H3,(H,9,11,12)/t4-/m1/s1. The zero-order chi connectivity index (χ0) is 9.84. The van der Waals surface area contributed by atoms with Crippen LogP contribution in [0.1, 0.15) is 18.9 Å². The summed E-state index contributed by atoms with van der Waals surface area (Å²) >= 11 is 1.37. The molecule has 3 N–H and O–H groups in total. The lowest BCUT2D eigenvalue weighted by atomic mass is 10.3. The topological polar surface area (TPSA) is 80.9 Å². The molecule has 0 aliphatic rings. The van der Waals surface area contributed by atoms with Crippen molar-refractivity contribution in [3.63, 3.8) is 0 Å². The molecule has 1 amide bonds. The Morgan fingerprint density at radius 3 is 2.85 bits per heavy atom. The SMILES string of the molecule is CCc1nnc(NC(=O)[C@@H](C)N)s1. The van der Waals surface area contributed by atoms with Crippen molar-refractivity contribution in [2.45, 2.75) is 26.3 Å². The molecule has 0 aliphatic carbocycles. The summed E-state index contributed by atoms with van der Waals surface area (Å²) in [5, 5.41) is 11.6. The van der Waals surface area contributed by atoms with E-state index in [0.29, 0.717) is 5.13 Å². The molecule has 0 unspecified atom stereocenters. The van der Waals surface area contributed by atoms with Gasteiger partial charge in [0.2, 0.25) is 11.0 Å². The van der Waals surface area contributed by atoms with E-state index >= 15 is 0 Å². The predicted octanol–water partition coefficient (Wildman–Crippen LogP) is 0.386. The highest BCUT2D eigenvalue weighted by Gasteiger charge is 2.10. The number of hydrogen-bond acceptors (Lipinski definition) is 5. The predicted molar refractivity (Wildman–Crippen MR) is 51.6 cm³/mol. The second kappa shape index (κ2) is 4.29. The molecule has 0 aromatic carbocycles. The van der Waals surface area contributed by atoms with Crippen molar-refractivity contribution in [1.82, 2.24) is 10.2 Å². The molecule has 0 saturated heterocycles. The van der Waals surface area contributed by atoms with Crippen molar-refractivity contribution in [2.24, 2.45) is 5.73 Å². The molecule has 0 saturated carbocycles. The van der Waals surface area contributed by atoms with E-state index < -0.39 is 6.04 Å². The maximum Gasteiger partial charge on any atom is 0.242 e. The minimum Gasteiger partial charge on any atom is -0.320 e. The Morgan fingerprint density at radius 2 is 2.38 bits per heavy atom. The molecule has 1 aromatic heterocycles. The van der Waals surface area contributed by atoms with Crippen molar-refractivity contribution in [3.8, 4) is 0 Å². The second-order valence-electron chi connectivity index (χ2n) is 2.63. The van der Waals surface area contributed by atoms with Gasteiger partial charge in [-0.1, -0.05) is 18.3 Å². The zero-order valence-electron chi connectivity index (χ0n) is 7.57. The Balaban J connectivity index is 2.59. The third-order valence-corrected chi connectivity index (χ3v) is 2.40. The maximum atomic E-state index is 11.1. The van der Waals surface area contributed by atoms with Gasteiger partial charge in [-0.2, -0.15) is 0 Å². The van der Waals surface area contributed by atoms with E-state index in [4.69, 9.17) is 5.73 Å². The summed E-state index contributed by atoms with van der Waals surface area (Å²) < 4.78 is 0. The Hall–Kier alpha value is -1.01. The fourth-order valence-electron chi connectivity index (χ4n) is 0.666. The molecule has 0 fully saturated rings. The molecule has 0 radical (unpaired) electrons. The Labute approximate surface area is 80.4 Å². The first-order valence-electron chi connectivity index (χ1n) is 4.02. The smallest absolute Gasteiger partial charge is 0.242 e. The van der Waals surface area contributed by atoms with Crippen LogP contribution in [0, 0.1) is 0 Å². The first-order valence-corrected chi connectivity index (χ1v) is 4.84. The van der Waals surface area contributed by atoms with Crippen LogP contribution in [0.2, 0.25) is 0 Å². The van der Waals surface area contributed by atoms with E-state index in [1.807, 2.05) is 6.92 Å². The summed E-state index contributed by atoms with van der Waals surface area (Å²) in [5.41, 5.74) is 5.37. The van der Waals surface area contributed by atoms with Gasteiger partial charge in [0.1, 0.15) is 5.01 Å². The van der Waals surface area contributed by atoms with E-state index in [1.54, 1.807) is 6.92 Å². The van der Waals surface area contributed by atoms with Crippen molar-refractivity contribution >= 4 is 22.4 Å². The van der Waals surface area contributed by atoms with Crippen molar-refractivity contribution in [3.05, 3.63) is 5.01 Å². The Bertz CT molecular complexity index is 296. The molecule has 0 bridgehead atoms. The number of rotatable bonds is 3. The first-order chi connectivity index (χ1) is 6.13. The number of aromatic nitrogens is 2. The molecule has 1 rings (SSSR count). The van der Waals surface area contributed by atoms with Gasteiger partial charge in [0, 0.05) is 0 Å². The summed E-state index contributed by atoms with van der Waals surface area (Å²) in [6.45, 7) is 3.61. The lowest BCUT2D eigenvalue weighted by Gasteiger charge is -2.02. The van der Waals surface area contributed by atoms with E-state index in [9.17, 15) is 4.79 Å². The third-order valence-electron chi connectivity index (χ3n) is 1.41. The number of nitrogens with zero attached hydrogens (tertiary/aromatic N) is 2. The summed E-state index contributed by atoms with van der Waals surface area (Å²) in [5.74, 6) is -0.237.